The van der Waals surface area contributed by atoms with E-state index in [2.05, 4.69) is 39.2 Å². The summed E-state index contributed by atoms with van der Waals surface area (Å²) < 4.78 is 0. The summed E-state index contributed by atoms with van der Waals surface area (Å²) in [5.74, 6) is 3.51. The Balaban J connectivity index is 1.53. The van der Waals surface area contributed by atoms with E-state index in [1.165, 1.54) is 44.9 Å². The fourth-order valence-corrected chi connectivity index (χ4v) is 7.47. The van der Waals surface area contributed by atoms with Gasteiger partial charge in [-0.2, -0.15) is 0 Å². The fourth-order valence-electron chi connectivity index (χ4n) is 7.47. The standard InChI is InChI=1S/C23H38N2O/c1-15(2)14-25-21(26)19-8-7-17-16-6-9-20-23(4,11-5-13-24-20)18(16)10-12-22(17,19)3/h13,15-20H,5-12,14H2,1-4H3,(H,25,26)/t16-,17-,18-,19+,20+,22-,23+/m0/s1. The zero-order valence-corrected chi connectivity index (χ0v) is 17.3. The summed E-state index contributed by atoms with van der Waals surface area (Å²) in [6.07, 6.45) is 12.2. The van der Waals surface area contributed by atoms with Crippen molar-refractivity contribution in [1.82, 2.24) is 5.32 Å². The normalized spacial score (nSPS) is 47.2. The number of rotatable bonds is 3. The summed E-state index contributed by atoms with van der Waals surface area (Å²) >= 11 is 0. The van der Waals surface area contributed by atoms with Crippen molar-refractivity contribution < 1.29 is 4.79 Å². The Hall–Kier alpha value is -0.860. The van der Waals surface area contributed by atoms with Crippen molar-refractivity contribution in [2.75, 3.05) is 6.54 Å². The summed E-state index contributed by atoms with van der Waals surface area (Å²) in [6.45, 7) is 10.2. The Bertz CT molecular complexity index is 585. The van der Waals surface area contributed by atoms with Gasteiger partial charge in [0.05, 0.1) is 6.04 Å². The van der Waals surface area contributed by atoms with Crippen molar-refractivity contribution in [3.05, 3.63) is 0 Å². The van der Waals surface area contributed by atoms with Gasteiger partial charge in [-0.3, -0.25) is 9.79 Å². The molecule has 4 aliphatic rings. The lowest BCUT2D eigenvalue weighted by Crippen LogP contribution is -2.55. The van der Waals surface area contributed by atoms with E-state index >= 15 is 0 Å². The van der Waals surface area contributed by atoms with E-state index in [1.54, 1.807) is 0 Å². The molecule has 0 aromatic rings. The second-order valence-corrected chi connectivity index (χ2v) is 10.7. The summed E-state index contributed by atoms with van der Waals surface area (Å²) in [6, 6.07) is 0.563. The highest BCUT2D eigenvalue weighted by molar-refractivity contribution is 5.80. The Morgan fingerprint density at radius 1 is 1.08 bits per heavy atom. The van der Waals surface area contributed by atoms with E-state index in [0.29, 0.717) is 23.3 Å². The number of nitrogens with zero attached hydrogens (tertiary/aromatic N) is 1. The molecule has 3 heteroatoms. The van der Waals surface area contributed by atoms with E-state index in [-0.39, 0.29) is 11.3 Å². The number of fused-ring (bicyclic) bond motifs is 5. The molecule has 0 bridgehead atoms. The Morgan fingerprint density at radius 3 is 2.62 bits per heavy atom. The summed E-state index contributed by atoms with van der Waals surface area (Å²) in [5.41, 5.74) is 0.639. The van der Waals surface area contributed by atoms with E-state index in [9.17, 15) is 4.79 Å². The van der Waals surface area contributed by atoms with Gasteiger partial charge in [-0.1, -0.05) is 27.7 Å². The molecule has 0 spiro atoms. The second-order valence-electron chi connectivity index (χ2n) is 10.7. The molecule has 0 saturated heterocycles. The largest absolute Gasteiger partial charge is 0.356 e. The number of hydrogen-bond donors (Lipinski definition) is 1. The van der Waals surface area contributed by atoms with Crippen LogP contribution in [0.4, 0.5) is 0 Å². The zero-order chi connectivity index (χ0) is 18.5. The van der Waals surface area contributed by atoms with Gasteiger partial charge in [-0.15, -0.1) is 0 Å². The van der Waals surface area contributed by atoms with Crippen molar-refractivity contribution in [3.8, 4) is 0 Å². The Labute approximate surface area is 159 Å². The topological polar surface area (TPSA) is 41.5 Å². The van der Waals surface area contributed by atoms with Crippen LogP contribution in [0.15, 0.2) is 4.99 Å². The first kappa shape index (κ1) is 18.5. The number of aliphatic imine (C=N–C) groups is 1. The molecule has 0 unspecified atom stereocenters. The van der Waals surface area contributed by atoms with Crippen LogP contribution in [0.1, 0.15) is 79.1 Å². The first-order valence-electron chi connectivity index (χ1n) is 11.2. The smallest absolute Gasteiger partial charge is 0.223 e. The quantitative estimate of drug-likeness (QED) is 0.770. The lowest BCUT2D eigenvalue weighted by molar-refractivity contribution is -0.133. The highest BCUT2D eigenvalue weighted by Crippen LogP contribution is 2.65. The molecule has 0 radical (unpaired) electrons. The van der Waals surface area contributed by atoms with Gasteiger partial charge in [0.25, 0.3) is 0 Å². The van der Waals surface area contributed by atoms with Gasteiger partial charge < -0.3 is 5.32 Å². The monoisotopic (exact) mass is 358 g/mol. The van der Waals surface area contributed by atoms with E-state index in [1.807, 2.05) is 0 Å². The molecule has 1 amide bonds. The van der Waals surface area contributed by atoms with Crippen LogP contribution in [0.3, 0.4) is 0 Å². The van der Waals surface area contributed by atoms with Crippen molar-refractivity contribution in [2.45, 2.75) is 85.1 Å². The first-order valence-corrected chi connectivity index (χ1v) is 11.2. The minimum absolute atomic E-state index is 0.226. The maximum atomic E-state index is 12.9. The molecule has 1 aliphatic heterocycles. The molecule has 4 rings (SSSR count). The van der Waals surface area contributed by atoms with Crippen LogP contribution in [0.25, 0.3) is 0 Å². The molecule has 1 N–H and O–H groups in total. The number of nitrogens with one attached hydrogen (secondary N) is 1. The minimum Gasteiger partial charge on any atom is -0.356 e. The van der Waals surface area contributed by atoms with Crippen LogP contribution in [-0.4, -0.2) is 24.7 Å². The van der Waals surface area contributed by atoms with Gasteiger partial charge in [0.1, 0.15) is 0 Å². The van der Waals surface area contributed by atoms with Gasteiger partial charge >= 0.3 is 0 Å². The van der Waals surface area contributed by atoms with E-state index in [0.717, 1.165) is 30.7 Å². The minimum atomic E-state index is 0.226. The molecule has 0 aromatic carbocycles. The van der Waals surface area contributed by atoms with Crippen LogP contribution in [0.5, 0.6) is 0 Å². The molecule has 3 fully saturated rings. The number of hydrogen-bond acceptors (Lipinski definition) is 2. The number of amides is 1. The average Bonchev–Trinajstić information content (AvgIpc) is 2.96. The molecule has 0 aromatic heterocycles. The first-order chi connectivity index (χ1) is 12.4. The third-order valence-corrected chi connectivity index (χ3v) is 8.92. The summed E-state index contributed by atoms with van der Waals surface area (Å²) in [4.78, 5) is 17.8. The van der Waals surface area contributed by atoms with Gasteiger partial charge in [-0.05, 0) is 92.1 Å². The van der Waals surface area contributed by atoms with E-state index in [4.69, 9.17) is 4.99 Å². The van der Waals surface area contributed by atoms with Crippen LogP contribution < -0.4 is 5.32 Å². The summed E-state index contributed by atoms with van der Waals surface area (Å²) in [7, 11) is 0. The van der Waals surface area contributed by atoms with Crippen LogP contribution >= 0.6 is 0 Å². The zero-order valence-electron chi connectivity index (χ0n) is 17.3. The second kappa shape index (κ2) is 6.63. The molecule has 7 atom stereocenters. The van der Waals surface area contributed by atoms with Crippen molar-refractivity contribution in [2.24, 2.45) is 45.4 Å². The van der Waals surface area contributed by atoms with Gasteiger partial charge in [0, 0.05) is 12.5 Å². The Kier molecular flexibility index (Phi) is 4.72. The molecule has 1 heterocycles. The van der Waals surface area contributed by atoms with Crippen molar-refractivity contribution in [1.29, 1.82) is 0 Å². The highest BCUT2D eigenvalue weighted by atomic mass is 16.1. The van der Waals surface area contributed by atoms with Gasteiger partial charge in [-0.25, -0.2) is 0 Å². The van der Waals surface area contributed by atoms with Crippen molar-refractivity contribution >= 4 is 12.1 Å². The fraction of sp³-hybridized carbons (Fsp3) is 0.913. The van der Waals surface area contributed by atoms with Gasteiger partial charge in [0.15, 0.2) is 0 Å². The molecular formula is C23H38N2O. The lowest BCUT2D eigenvalue weighted by Gasteiger charge is -2.58. The molecule has 3 aliphatic carbocycles. The average molecular weight is 359 g/mol. The number of carbonyl (C=O) groups is 1. The Morgan fingerprint density at radius 2 is 1.85 bits per heavy atom. The highest BCUT2D eigenvalue weighted by Gasteiger charge is 2.60. The van der Waals surface area contributed by atoms with Gasteiger partial charge in [0.2, 0.25) is 5.91 Å². The number of carbonyl (C=O) groups excluding carboxylic acids is 1. The van der Waals surface area contributed by atoms with Crippen LogP contribution in [-0.2, 0) is 4.79 Å². The van der Waals surface area contributed by atoms with E-state index < -0.39 is 0 Å². The SMILES string of the molecule is CC(C)CNC(=O)[C@H]1CC[C@H]2[C@@H]3CC[C@H]4N=CCC[C@]4(C)[C@H]3CC[C@]12C. The lowest BCUT2D eigenvalue weighted by atomic mass is 9.47. The third-order valence-electron chi connectivity index (χ3n) is 8.92. The predicted molar refractivity (Wildman–Crippen MR) is 107 cm³/mol. The summed E-state index contributed by atoms with van der Waals surface area (Å²) in [5, 5.41) is 3.25. The molecule has 26 heavy (non-hydrogen) atoms. The van der Waals surface area contributed by atoms with Crippen molar-refractivity contribution in [3.63, 3.8) is 0 Å². The predicted octanol–water partition coefficient (Wildman–Crippen LogP) is 4.85. The third kappa shape index (κ3) is 2.76. The van der Waals surface area contributed by atoms with Crippen LogP contribution in [0.2, 0.25) is 0 Å². The molecule has 3 nitrogen and oxygen atoms in total. The van der Waals surface area contributed by atoms with Crippen LogP contribution in [0, 0.1) is 40.4 Å². The molecule has 3 saturated carbocycles. The maximum Gasteiger partial charge on any atom is 0.223 e. The molecule has 146 valence electrons. The molecular weight excluding hydrogens is 320 g/mol. The maximum absolute atomic E-state index is 12.9.